The fourth-order valence-corrected chi connectivity index (χ4v) is 3.55. The number of benzene rings is 1. The van der Waals surface area contributed by atoms with E-state index in [9.17, 15) is 9.18 Å². The molecule has 0 unspecified atom stereocenters. The Morgan fingerprint density at radius 3 is 2.50 bits per heavy atom. The number of nitrogens with zero attached hydrogens (tertiary/aromatic N) is 2. The molecule has 0 saturated carbocycles. The molecule has 0 aliphatic carbocycles. The number of carbonyl (C=O) groups excluding carboxylic acids is 1. The first-order valence-corrected chi connectivity index (χ1v) is 8.71. The number of rotatable bonds is 5. The van der Waals surface area contributed by atoms with Gasteiger partial charge in [0.1, 0.15) is 5.82 Å². The highest BCUT2D eigenvalue weighted by Gasteiger charge is 2.49. The van der Waals surface area contributed by atoms with Crippen molar-refractivity contribution >= 4 is 6.09 Å². The lowest BCUT2D eigenvalue weighted by Crippen LogP contribution is -2.46. The van der Waals surface area contributed by atoms with E-state index in [0.29, 0.717) is 6.54 Å². The third-order valence-electron chi connectivity index (χ3n) is 5.10. The molecule has 5 heteroatoms. The van der Waals surface area contributed by atoms with Crippen LogP contribution in [0, 0.1) is 5.82 Å². The van der Waals surface area contributed by atoms with Crippen molar-refractivity contribution in [2.45, 2.75) is 38.2 Å². The lowest BCUT2D eigenvalue weighted by atomic mass is 9.88. The Morgan fingerprint density at radius 2 is 1.88 bits per heavy atom. The number of likely N-dealkylation sites (tertiary alicyclic amines) is 1. The summed E-state index contributed by atoms with van der Waals surface area (Å²) in [5, 5.41) is 0. The third kappa shape index (κ3) is 3.31. The molecule has 2 heterocycles. The van der Waals surface area contributed by atoms with Crippen LogP contribution in [0.1, 0.15) is 31.7 Å². The molecule has 1 aromatic carbocycles. The van der Waals surface area contributed by atoms with Gasteiger partial charge in [-0.15, -0.1) is 0 Å². The molecule has 2 aliphatic heterocycles. The van der Waals surface area contributed by atoms with E-state index in [1.165, 1.54) is 12.1 Å². The zero-order valence-electron chi connectivity index (χ0n) is 14.3. The summed E-state index contributed by atoms with van der Waals surface area (Å²) in [4.78, 5) is 16.1. The van der Waals surface area contributed by atoms with Gasteiger partial charge in [0.15, 0.2) is 5.60 Å². The predicted molar refractivity (Wildman–Crippen MR) is 91.1 cm³/mol. The molecule has 2 fully saturated rings. The van der Waals surface area contributed by atoms with Crippen molar-refractivity contribution in [2.24, 2.45) is 0 Å². The van der Waals surface area contributed by atoms with Gasteiger partial charge in [0.05, 0.1) is 5.70 Å². The molecular weight excluding hydrogens is 307 g/mol. The molecule has 0 atom stereocenters. The molecule has 3 rings (SSSR count). The molecule has 130 valence electrons. The molecule has 1 amide bonds. The summed E-state index contributed by atoms with van der Waals surface area (Å²) in [6.45, 7) is 9.55. The number of hydrogen-bond donors (Lipinski definition) is 0. The first-order valence-electron chi connectivity index (χ1n) is 8.71. The summed E-state index contributed by atoms with van der Waals surface area (Å²) in [5.74, 6) is -0.197. The second kappa shape index (κ2) is 6.93. The van der Waals surface area contributed by atoms with Crippen molar-refractivity contribution < 1.29 is 13.9 Å². The number of halogens is 1. The quantitative estimate of drug-likeness (QED) is 0.826. The Bertz CT molecular complexity index is 606. The maximum absolute atomic E-state index is 12.9. The lowest BCUT2D eigenvalue weighted by molar-refractivity contribution is 0.0150. The minimum atomic E-state index is -0.501. The molecule has 0 aromatic heterocycles. The molecule has 0 radical (unpaired) electrons. The second-order valence-electron chi connectivity index (χ2n) is 6.68. The maximum atomic E-state index is 12.9. The number of hydrogen-bond acceptors (Lipinski definition) is 3. The molecule has 2 aliphatic rings. The molecule has 0 N–H and O–H groups in total. The topological polar surface area (TPSA) is 32.8 Å². The Balaban J connectivity index is 1.53. The van der Waals surface area contributed by atoms with Gasteiger partial charge in [-0.2, -0.15) is 0 Å². The molecule has 1 aromatic rings. The zero-order chi connectivity index (χ0) is 17.2. The van der Waals surface area contributed by atoms with Crippen LogP contribution in [0.3, 0.4) is 0 Å². The van der Waals surface area contributed by atoms with Gasteiger partial charge in [0.2, 0.25) is 0 Å². The van der Waals surface area contributed by atoms with Gasteiger partial charge in [0.25, 0.3) is 0 Å². The fraction of sp³-hybridized carbons (Fsp3) is 0.526. The Hall–Kier alpha value is -1.88. The van der Waals surface area contributed by atoms with E-state index in [4.69, 9.17) is 4.74 Å². The van der Waals surface area contributed by atoms with Crippen LogP contribution in [0.25, 0.3) is 0 Å². The van der Waals surface area contributed by atoms with Gasteiger partial charge in [-0.3, -0.25) is 4.90 Å². The monoisotopic (exact) mass is 332 g/mol. The minimum Gasteiger partial charge on any atom is -0.436 e. The van der Waals surface area contributed by atoms with Crippen molar-refractivity contribution in [3.8, 4) is 0 Å². The number of carbonyl (C=O) groups is 1. The van der Waals surface area contributed by atoms with Gasteiger partial charge in [-0.05, 0) is 30.5 Å². The summed E-state index contributed by atoms with van der Waals surface area (Å²) in [7, 11) is 0. The van der Waals surface area contributed by atoms with Crippen LogP contribution >= 0.6 is 0 Å². The van der Waals surface area contributed by atoms with Crippen molar-refractivity contribution in [1.29, 1.82) is 0 Å². The summed E-state index contributed by atoms with van der Waals surface area (Å²) < 4.78 is 18.7. The highest BCUT2D eigenvalue weighted by molar-refractivity contribution is 5.74. The number of piperidine rings is 1. The molecule has 1 spiro atoms. The molecule has 2 saturated heterocycles. The minimum absolute atomic E-state index is 0.197. The normalized spacial score (nSPS) is 20.7. The predicted octanol–water partition coefficient (Wildman–Crippen LogP) is 3.58. The van der Waals surface area contributed by atoms with E-state index in [1.807, 2.05) is 19.1 Å². The second-order valence-corrected chi connectivity index (χ2v) is 6.68. The average molecular weight is 332 g/mol. The first kappa shape index (κ1) is 17.0. The van der Waals surface area contributed by atoms with E-state index in [2.05, 4.69) is 11.5 Å². The van der Waals surface area contributed by atoms with Crippen LogP contribution in [0.2, 0.25) is 0 Å². The summed E-state index contributed by atoms with van der Waals surface area (Å²) in [5.41, 5.74) is 1.47. The van der Waals surface area contributed by atoms with E-state index >= 15 is 0 Å². The molecular formula is C19H25FN2O2. The van der Waals surface area contributed by atoms with Crippen molar-refractivity contribution in [3.05, 3.63) is 47.9 Å². The Kier molecular flexibility index (Phi) is 4.90. The summed E-state index contributed by atoms with van der Waals surface area (Å²) >= 11 is 0. The van der Waals surface area contributed by atoms with Crippen LogP contribution in [-0.2, 0) is 11.2 Å². The third-order valence-corrected chi connectivity index (χ3v) is 5.10. The SMILES string of the molecule is C=C1N(CCC)C(=O)OC12CCN(CCc1ccc(F)cc1)CC2. The van der Waals surface area contributed by atoms with E-state index < -0.39 is 5.60 Å². The smallest absolute Gasteiger partial charge is 0.415 e. The summed E-state index contributed by atoms with van der Waals surface area (Å²) in [6.07, 6.45) is 3.13. The first-order chi connectivity index (χ1) is 11.5. The van der Waals surface area contributed by atoms with Gasteiger partial charge in [0, 0.05) is 39.0 Å². The highest BCUT2D eigenvalue weighted by atomic mass is 19.1. The lowest BCUT2D eigenvalue weighted by Gasteiger charge is -2.38. The number of ether oxygens (including phenoxy) is 1. The Labute approximate surface area is 142 Å². The zero-order valence-corrected chi connectivity index (χ0v) is 14.3. The molecule has 24 heavy (non-hydrogen) atoms. The Morgan fingerprint density at radius 1 is 1.21 bits per heavy atom. The van der Waals surface area contributed by atoms with Crippen LogP contribution in [0.15, 0.2) is 36.5 Å². The number of amides is 1. The highest BCUT2D eigenvalue weighted by Crippen LogP contribution is 2.40. The van der Waals surface area contributed by atoms with Gasteiger partial charge in [-0.1, -0.05) is 25.6 Å². The molecule has 0 bridgehead atoms. The largest absolute Gasteiger partial charge is 0.436 e. The van der Waals surface area contributed by atoms with Crippen LogP contribution < -0.4 is 0 Å². The van der Waals surface area contributed by atoms with Crippen LogP contribution in [0.4, 0.5) is 9.18 Å². The van der Waals surface area contributed by atoms with Crippen molar-refractivity contribution in [3.63, 3.8) is 0 Å². The van der Waals surface area contributed by atoms with Crippen molar-refractivity contribution in [1.82, 2.24) is 9.80 Å². The van der Waals surface area contributed by atoms with E-state index in [-0.39, 0.29) is 11.9 Å². The van der Waals surface area contributed by atoms with Crippen LogP contribution in [0.5, 0.6) is 0 Å². The maximum Gasteiger partial charge on any atom is 0.415 e. The van der Waals surface area contributed by atoms with E-state index in [0.717, 1.165) is 56.6 Å². The average Bonchev–Trinajstić information content (AvgIpc) is 2.81. The van der Waals surface area contributed by atoms with Gasteiger partial charge >= 0.3 is 6.09 Å². The van der Waals surface area contributed by atoms with E-state index in [1.54, 1.807) is 4.90 Å². The summed E-state index contributed by atoms with van der Waals surface area (Å²) in [6, 6.07) is 6.68. The fourth-order valence-electron chi connectivity index (χ4n) is 3.55. The molecule has 4 nitrogen and oxygen atoms in total. The van der Waals surface area contributed by atoms with Gasteiger partial charge in [-0.25, -0.2) is 9.18 Å². The van der Waals surface area contributed by atoms with Crippen molar-refractivity contribution in [2.75, 3.05) is 26.2 Å². The standard InChI is InChI=1S/C19H25FN2O2/c1-3-11-22-15(2)19(24-18(22)23)9-13-21(14-10-19)12-8-16-4-6-17(20)7-5-16/h4-7H,2-3,8-14H2,1H3. The van der Waals surface area contributed by atoms with Crippen LogP contribution in [-0.4, -0.2) is 47.7 Å². The van der Waals surface area contributed by atoms with Gasteiger partial charge < -0.3 is 9.64 Å².